The van der Waals surface area contributed by atoms with Crippen LogP contribution in [0.2, 0.25) is 5.02 Å². The zero-order valence-electron chi connectivity index (χ0n) is 11.6. The van der Waals surface area contributed by atoms with E-state index in [0.717, 1.165) is 4.47 Å². The summed E-state index contributed by atoms with van der Waals surface area (Å²) in [6, 6.07) is 11.8. The molecule has 0 atom stereocenters. The number of benzene rings is 1. The number of halogens is 3. The Hall–Kier alpha value is -2.18. The van der Waals surface area contributed by atoms with E-state index in [9.17, 15) is 4.39 Å². The smallest absolute Gasteiger partial charge is 0.233 e. The molecule has 0 spiro atoms. The van der Waals surface area contributed by atoms with Gasteiger partial charge in [-0.15, -0.1) is 0 Å². The minimum absolute atomic E-state index is 0.107. The Morgan fingerprint density at radius 2 is 1.91 bits per heavy atom. The number of hydrogen-bond acceptors (Lipinski definition) is 4. The van der Waals surface area contributed by atoms with Crippen LogP contribution in [0.4, 0.5) is 15.9 Å². The third kappa shape index (κ3) is 3.97. The van der Waals surface area contributed by atoms with Crippen LogP contribution in [0.15, 0.2) is 59.3 Å². The van der Waals surface area contributed by atoms with Gasteiger partial charge in [-0.1, -0.05) is 11.6 Å². The van der Waals surface area contributed by atoms with Crippen LogP contribution in [-0.4, -0.2) is 9.97 Å². The fourth-order valence-electron chi connectivity index (χ4n) is 1.81. The first-order chi connectivity index (χ1) is 11.1. The van der Waals surface area contributed by atoms with Crippen molar-refractivity contribution in [3.05, 3.63) is 70.2 Å². The molecule has 2 heterocycles. The van der Waals surface area contributed by atoms with Gasteiger partial charge in [0.1, 0.15) is 5.75 Å². The molecule has 1 aromatic carbocycles. The molecule has 23 heavy (non-hydrogen) atoms. The van der Waals surface area contributed by atoms with Crippen molar-refractivity contribution in [3.8, 4) is 11.6 Å². The molecule has 3 aromatic rings. The Morgan fingerprint density at radius 3 is 2.61 bits per heavy atom. The van der Waals surface area contributed by atoms with Gasteiger partial charge >= 0.3 is 0 Å². The summed E-state index contributed by atoms with van der Waals surface area (Å²) in [5.41, 5.74) is 0.672. The van der Waals surface area contributed by atoms with E-state index < -0.39 is 5.82 Å². The molecule has 0 radical (unpaired) electrons. The molecule has 0 amide bonds. The molecule has 3 rings (SSSR count). The second-order valence-electron chi connectivity index (χ2n) is 4.53. The molecule has 0 unspecified atom stereocenters. The molecule has 0 aliphatic carbocycles. The van der Waals surface area contributed by atoms with Crippen molar-refractivity contribution in [3.63, 3.8) is 0 Å². The first kappa shape index (κ1) is 15.7. The van der Waals surface area contributed by atoms with Crippen LogP contribution >= 0.6 is 27.5 Å². The van der Waals surface area contributed by atoms with E-state index in [1.165, 1.54) is 12.3 Å². The van der Waals surface area contributed by atoms with Crippen molar-refractivity contribution < 1.29 is 9.13 Å². The van der Waals surface area contributed by atoms with Gasteiger partial charge in [-0.05, 0) is 58.4 Å². The lowest BCUT2D eigenvalue weighted by atomic mass is 10.3. The number of hydrogen-bond donors (Lipinski definition) is 1. The van der Waals surface area contributed by atoms with Gasteiger partial charge in [0.2, 0.25) is 5.88 Å². The summed E-state index contributed by atoms with van der Waals surface area (Å²) in [4.78, 5) is 8.04. The van der Waals surface area contributed by atoms with Crippen LogP contribution in [0.5, 0.6) is 11.6 Å². The Balaban J connectivity index is 1.73. The maximum absolute atomic E-state index is 13.7. The quantitative estimate of drug-likeness (QED) is 0.628. The summed E-state index contributed by atoms with van der Waals surface area (Å²) >= 11 is 9.04. The molecule has 0 aliphatic rings. The summed E-state index contributed by atoms with van der Waals surface area (Å²) in [7, 11) is 0. The number of ether oxygens (including phenoxy) is 1. The van der Waals surface area contributed by atoms with Crippen LogP contribution < -0.4 is 10.1 Å². The molecule has 1 N–H and O–H groups in total. The molecule has 0 fully saturated rings. The van der Waals surface area contributed by atoms with E-state index in [4.69, 9.17) is 16.3 Å². The number of rotatable bonds is 4. The lowest BCUT2D eigenvalue weighted by Gasteiger charge is -2.09. The second-order valence-corrected chi connectivity index (χ2v) is 5.82. The van der Waals surface area contributed by atoms with Gasteiger partial charge in [-0.2, -0.15) is 0 Å². The molecule has 0 aliphatic heterocycles. The fourth-order valence-corrected chi connectivity index (χ4v) is 2.29. The lowest BCUT2D eigenvalue weighted by Crippen LogP contribution is -1.97. The van der Waals surface area contributed by atoms with Crippen LogP contribution in [-0.2, 0) is 0 Å². The van der Waals surface area contributed by atoms with Crippen LogP contribution in [0, 0.1) is 5.82 Å². The normalized spacial score (nSPS) is 10.4. The number of nitrogens with one attached hydrogen (secondary N) is 1. The zero-order valence-corrected chi connectivity index (χ0v) is 14.0. The van der Waals surface area contributed by atoms with Gasteiger partial charge in [0, 0.05) is 18.1 Å². The molecule has 4 nitrogen and oxygen atoms in total. The highest BCUT2D eigenvalue weighted by Crippen LogP contribution is 2.28. The van der Waals surface area contributed by atoms with E-state index in [1.807, 2.05) is 6.07 Å². The fraction of sp³-hybridized carbons (Fsp3) is 0. The number of nitrogens with zero attached hydrogens (tertiary/aromatic N) is 2. The molecule has 116 valence electrons. The van der Waals surface area contributed by atoms with Crippen molar-refractivity contribution in [2.24, 2.45) is 0 Å². The molecule has 0 saturated heterocycles. The summed E-state index contributed by atoms with van der Waals surface area (Å²) in [5.74, 6) is 0.670. The Kier molecular flexibility index (Phi) is 4.73. The molecular formula is C16H10BrClFN3O. The first-order valence-electron chi connectivity index (χ1n) is 6.58. The minimum Gasteiger partial charge on any atom is -0.438 e. The van der Waals surface area contributed by atoms with Crippen molar-refractivity contribution >= 4 is 39.0 Å². The van der Waals surface area contributed by atoms with E-state index in [1.54, 1.807) is 36.5 Å². The predicted molar refractivity (Wildman–Crippen MR) is 90.9 cm³/mol. The van der Waals surface area contributed by atoms with E-state index >= 15 is 0 Å². The summed E-state index contributed by atoms with van der Waals surface area (Å²) < 4.78 is 20.1. The zero-order chi connectivity index (χ0) is 16.2. The van der Waals surface area contributed by atoms with Gasteiger partial charge in [0.15, 0.2) is 11.6 Å². The molecule has 7 heteroatoms. The van der Waals surface area contributed by atoms with Gasteiger partial charge in [0.25, 0.3) is 0 Å². The maximum Gasteiger partial charge on any atom is 0.233 e. The number of anilines is 2. The minimum atomic E-state index is -0.518. The van der Waals surface area contributed by atoms with E-state index in [2.05, 4.69) is 31.2 Å². The van der Waals surface area contributed by atoms with Crippen molar-refractivity contribution in [1.29, 1.82) is 0 Å². The average Bonchev–Trinajstić information content (AvgIpc) is 2.54. The van der Waals surface area contributed by atoms with E-state index in [0.29, 0.717) is 17.3 Å². The van der Waals surface area contributed by atoms with Gasteiger partial charge < -0.3 is 10.1 Å². The summed E-state index contributed by atoms with van der Waals surface area (Å²) in [5, 5.41) is 3.12. The van der Waals surface area contributed by atoms with Gasteiger partial charge in [-0.3, -0.25) is 0 Å². The Morgan fingerprint density at radius 1 is 1.13 bits per heavy atom. The largest absolute Gasteiger partial charge is 0.438 e. The number of pyridine rings is 2. The monoisotopic (exact) mass is 393 g/mol. The van der Waals surface area contributed by atoms with Gasteiger partial charge in [0.05, 0.1) is 9.50 Å². The van der Waals surface area contributed by atoms with Gasteiger partial charge in [-0.25, -0.2) is 14.4 Å². The summed E-state index contributed by atoms with van der Waals surface area (Å²) in [6.07, 6.45) is 3.02. The lowest BCUT2D eigenvalue weighted by molar-refractivity contribution is 0.460. The highest BCUT2D eigenvalue weighted by Gasteiger charge is 2.06. The maximum atomic E-state index is 13.7. The number of aromatic nitrogens is 2. The van der Waals surface area contributed by atoms with E-state index in [-0.39, 0.29) is 10.8 Å². The topological polar surface area (TPSA) is 47.0 Å². The van der Waals surface area contributed by atoms with Crippen molar-refractivity contribution in [1.82, 2.24) is 9.97 Å². The summed E-state index contributed by atoms with van der Waals surface area (Å²) in [6.45, 7) is 0. The molecular weight excluding hydrogens is 385 g/mol. The van der Waals surface area contributed by atoms with Crippen molar-refractivity contribution in [2.75, 3.05) is 5.32 Å². The highest BCUT2D eigenvalue weighted by atomic mass is 79.9. The second kappa shape index (κ2) is 6.93. The van der Waals surface area contributed by atoms with Crippen LogP contribution in [0.3, 0.4) is 0 Å². The SMILES string of the molecule is Fc1cc(Cl)cnc1Nc1ccc(Oc2ncccc2Br)cc1. The highest BCUT2D eigenvalue weighted by molar-refractivity contribution is 9.10. The standard InChI is InChI=1S/C16H10BrClFN3O/c17-13-2-1-7-20-16(13)23-12-5-3-11(4-6-12)22-15-14(19)8-10(18)9-21-15/h1-9H,(H,21,22). The molecule has 0 bridgehead atoms. The first-order valence-corrected chi connectivity index (χ1v) is 7.75. The molecule has 0 saturated carbocycles. The van der Waals surface area contributed by atoms with Crippen LogP contribution in [0.25, 0.3) is 0 Å². The Labute approximate surface area is 145 Å². The third-order valence-electron chi connectivity index (χ3n) is 2.86. The van der Waals surface area contributed by atoms with Crippen molar-refractivity contribution in [2.45, 2.75) is 0 Å². The molecule has 2 aromatic heterocycles. The van der Waals surface area contributed by atoms with Crippen LogP contribution in [0.1, 0.15) is 0 Å². The average molecular weight is 395 g/mol. The Bertz CT molecular complexity index is 830. The third-order valence-corrected chi connectivity index (χ3v) is 3.67. The predicted octanol–water partition coefficient (Wildman–Crippen LogP) is 5.57.